The van der Waals surface area contributed by atoms with Crippen LogP contribution in [0.2, 0.25) is 0 Å². The van der Waals surface area contributed by atoms with Gasteiger partial charge in [0.15, 0.2) is 0 Å². The summed E-state index contributed by atoms with van der Waals surface area (Å²) in [6.07, 6.45) is 2.22. The Labute approximate surface area is 123 Å². The molecule has 21 heavy (non-hydrogen) atoms. The molecule has 0 spiro atoms. The van der Waals surface area contributed by atoms with Gasteiger partial charge in [0.1, 0.15) is 5.69 Å². The number of rotatable bonds is 3. The predicted molar refractivity (Wildman–Crippen MR) is 78.4 cm³/mol. The second-order valence-electron chi connectivity index (χ2n) is 5.55. The molecule has 1 aromatic heterocycles. The molecule has 0 unspecified atom stereocenters. The molecule has 2 heterocycles. The third-order valence-electron chi connectivity index (χ3n) is 4.12. The monoisotopic (exact) mass is 286 g/mol. The highest BCUT2D eigenvalue weighted by atomic mass is 16.5. The van der Waals surface area contributed by atoms with Crippen LogP contribution in [0.15, 0.2) is 34.9 Å². The lowest BCUT2D eigenvalue weighted by Gasteiger charge is -2.30. The molecule has 5 nitrogen and oxygen atoms in total. The molecule has 0 amide bonds. The van der Waals surface area contributed by atoms with Gasteiger partial charge in [-0.15, -0.1) is 0 Å². The number of carboxylic acids is 1. The van der Waals surface area contributed by atoms with Crippen LogP contribution in [0.3, 0.4) is 0 Å². The molecule has 2 aromatic rings. The first kappa shape index (κ1) is 13.8. The van der Waals surface area contributed by atoms with Crippen LogP contribution in [0.1, 0.15) is 34.9 Å². The predicted octanol–water partition coefficient (Wildman–Crippen LogP) is 2.85. The van der Waals surface area contributed by atoms with Gasteiger partial charge in [0, 0.05) is 11.6 Å². The van der Waals surface area contributed by atoms with Gasteiger partial charge in [-0.1, -0.05) is 29.4 Å². The van der Waals surface area contributed by atoms with Crippen molar-refractivity contribution in [2.75, 3.05) is 20.1 Å². The van der Waals surface area contributed by atoms with Gasteiger partial charge < -0.3 is 14.5 Å². The minimum absolute atomic E-state index is 0.122. The van der Waals surface area contributed by atoms with Crippen LogP contribution < -0.4 is 0 Å². The van der Waals surface area contributed by atoms with Crippen LogP contribution in [0.25, 0.3) is 11.3 Å². The average Bonchev–Trinajstić information content (AvgIpc) is 2.98. The summed E-state index contributed by atoms with van der Waals surface area (Å²) >= 11 is 0. The fraction of sp³-hybridized carbons (Fsp3) is 0.375. The first-order valence-electron chi connectivity index (χ1n) is 7.13. The molecule has 0 radical (unpaired) electrons. The largest absolute Gasteiger partial charge is 0.475 e. The van der Waals surface area contributed by atoms with E-state index in [0.29, 0.717) is 11.6 Å². The highest BCUT2D eigenvalue weighted by Crippen LogP contribution is 2.34. The number of nitrogens with zero attached hydrogens (tertiary/aromatic N) is 2. The van der Waals surface area contributed by atoms with Crippen LogP contribution in [0.5, 0.6) is 0 Å². The second kappa shape index (κ2) is 5.69. The van der Waals surface area contributed by atoms with E-state index in [2.05, 4.69) is 23.2 Å². The Hall–Kier alpha value is -2.14. The number of carbonyl (C=O) groups is 1. The molecule has 3 rings (SSSR count). The smallest absolute Gasteiger partial charge is 0.374 e. The van der Waals surface area contributed by atoms with Crippen LogP contribution in [0, 0.1) is 0 Å². The molecule has 5 heteroatoms. The zero-order valence-electron chi connectivity index (χ0n) is 12.0. The van der Waals surface area contributed by atoms with Crippen molar-refractivity contribution in [2.24, 2.45) is 0 Å². The van der Waals surface area contributed by atoms with E-state index in [9.17, 15) is 4.79 Å². The van der Waals surface area contributed by atoms with Crippen molar-refractivity contribution in [2.45, 2.75) is 18.8 Å². The summed E-state index contributed by atoms with van der Waals surface area (Å²) in [5.41, 5.74) is 2.81. The molecule has 1 N–H and O–H groups in total. The van der Waals surface area contributed by atoms with Gasteiger partial charge in [0.25, 0.3) is 0 Å². The number of piperidine rings is 1. The molecule has 1 aromatic carbocycles. The van der Waals surface area contributed by atoms with Gasteiger partial charge >= 0.3 is 5.97 Å². The number of hydrogen-bond acceptors (Lipinski definition) is 4. The van der Waals surface area contributed by atoms with Gasteiger partial charge in [-0.25, -0.2) is 4.79 Å². The third-order valence-corrected chi connectivity index (χ3v) is 4.12. The topological polar surface area (TPSA) is 66.6 Å². The van der Waals surface area contributed by atoms with Crippen molar-refractivity contribution in [3.05, 3.63) is 41.7 Å². The maximum atomic E-state index is 10.9. The summed E-state index contributed by atoms with van der Waals surface area (Å²) in [7, 11) is 2.14. The standard InChI is InChI=1S/C16H18N2O3/c1-18-8-6-11(7-9-18)12-4-2-3-5-13(12)14-10-15(16(19)20)21-17-14/h2-5,10-11H,6-9H2,1H3,(H,19,20). The average molecular weight is 286 g/mol. The Kier molecular flexibility index (Phi) is 3.75. The summed E-state index contributed by atoms with van der Waals surface area (Å²) in [6.45, 7) is 2.16. The van der Waals surface area contributed by atoms with Crippen LogP contribution in [0.4, 0.5) is 0 Å². The lowest BCUT2D eigenvalue weighted by atomic mass is 9.86. The Morgan fingerprint density at radius 3 is 2.71 bits per heavy atom. The number of hydrogen-bond donors (Lipinski definition) is 1. The van der Waals surface area contributed by atoms with Crippen molar-refractivity contribution in [1.29, 1.82) is 0 Å². The molecule has 0 atom stereocenters. The minimum Gasteiger partial charge on any atom is -0.475 e. The maximum Gasteiger partial charge on any atom is 0.374 e. The van der Waals surface area contributed by atoms with E-state index in [4.69, 9.17) is 9.63 Å². The summed E-state index contributed by atoms with van der Waals surface area (Å²) in [4.78, 5) is 13.3. The summed E-state index contributed by atoms with van der Waals surface area (Å²) < 4.78 is 4.88. The number of carboxylic acid groups (broad SMARTS) is 1. The first-order chi connectivity index (χ1) is 10.1. The van der Waals surface area contributed by atoms with Crippen molar-refractivity contribution < 1.29 is 14.4 Å². The van der Waals surface area contributed by atoms with Crippen LogP contribution in [-0.4, -0.2) is 41.3 Å². The molecular formula is C16H18N2O3. The van der Waals surface area contributed by atoms with E-state index in [1.165, 1.54) is 11.6 Å². The van der Waals surface area contributed by atoms with Crippen molar-refractivity contribution in [3.8, 4) is 11.3 Å². The third kappa shape index (κ3) is 2.83. The van der Waals surface area contributed by atoms with E-state index in [1.54, 1.807) is 0 Å². The Bertz CT molecular complexity index is 642. The fourth-order valence-electron chi connectivity index (χ4n) is 2.91. The van der Waals surface area contributed by atoms with Crippen molar-refractivity contribution in [3.63, 3.8) is 0 Å². The van der Waals surface area contributed by atoms with E-state index in [1.807, 2.05) is 18.2 Å². The Balaban J connectivity index is 1.93. The van der Waals surface area contributed by atoms with Crippen molar-refractivity contribution in [1.82, 2.24) is 10.1 Å². The van der Waals surface area contributed by atoms with Gasteiger partial charge in [-0.3, -0.25) is 0 Å². The molecular weight excluding hydrogens is 268 g/mol. The lowest BCUT2D eigenvalue weighted by Crippen LogP contribution is -2.29. The maximum absolute atomic E-state index is 10.9. The van der Waals surface area contributed by atoms with E-state index >= 15 is 0 Å². The number of aromatic carboxylic acids is 1. The number of aromatic nitrogens is 1. The summed E-state index contributed by atoms with van der Waals surface area (Å²) in [6, 6.07) is 9.56. The summed E-state index contributed by atoms with van der Waals surface area (Å²) in [5, 5.41) is 12.9. The molecule has 110 valence electrons. The van der Waals surface area contributed by atoms with Gasteiger partial charge in [-0.05, 0) is 44.5 Å². The molecule has 0 aliphatic carbocycles. The minimum atomic E-state index is -1.09. The quantitative estimate of drug-likeness (QED) is 0.939. The number of benzene rings is 1. The first-order valence-corrected chi connectivity index (χ1v) is 7.13. The highest BCUT2D eigenvalue weighted by molar-refractivity contribution is 5.85. The SMILES string of the molecule is CN1CCC(c2ccccc2-c2cc(C(=O)O)on2)CC1. The normalized spacial score (nSPS) is 17.0. The van der Waals surface area contributed by atoms with Gasteiger partial charge in [-0.2, -0.15) is 0 Å². The molecule has 1 aliphatic heterocycles. The second-order valence-corrected chi connectivity index (χ2v) is 5.55. The van der Waals surface area contributed by atoms with E-state index in [-0.39, 0.29) is 5.76 Å². The Morgan fingerprint density at radius 1 is 1.33 bits per heavy atom. The van der Waals surface area contributed by atoms with Crippen LogP contribution >= 0.6 is 0 Å². The lowest BCUT2D eigenvalue weighted by molar-refractivity contribution is 0.0652. The zero-order valence-corrected chi connectivity index (χ0v) is 12.0. The molecule has 0 saturated carbocycles. The fourth-order valence-corrected chi connectivity index (χ4v) is 2.91. The van der Waals surface area contributed by atoms with E-state index < -0.39 is 5.97 Å². The van der Waals surface area contributed by atoms with Crippen molar-refractivity contribution >= 4 is 5.97 Å². The molecule has 1 saturated heterocycles. The zero-order chi connectivity index (χ0) is 14.8. The number of likely N-dealkylation sites (tertiary alicyclic amines) is 1. The van der Waals surface area contributed by atoms with Crippen LogP contribution in [-0.2, 0) is 0 Å². The summed E-state index contributed by atoms with van der Waals surface area (Å²) in [5.74, 6) is -0.726. The van der Waals surface area contributed by atoms with Gasteiger partial charge in [0.05, 0.1) is 0 Å². The molecule has 1 aliphatic rings. The van der Waals surface area contributed by atoms with Gasteiger partial charge in [0.2, 0.25) is 5.76 Å². The molecule has 0 bridgehead atoms. The van der Waals surface area contributed by atoms with E-state index in [0.717, 1.165) is 31.5 Å². The Morgan fingerprint density at radius 2 is 2.05 bits per heavy atom. The molecule has 1 fully saturated rings. The highest BCUT2D eigenvalue weighted by Gasteiger charge is 2.22.